The monoisotopic (exact) mass is 357 g/mol. The molecule has 5 nitrogen and oxygen atoms in total. The van der Waals surface area contributed by atoms with Crippen LogP contribution in [-0.2, 0) is 0 Å². The van der Waals surface area contributed by atoms with Gasteiger partial charge in [-0.1, -0.05) is 24.3 Å². The molecule has 0 unspecified atom stereocenters. The van der Waals surface area contributed by atoms with Crippen LogP contribution in [0.25, 0.3) is 16.7 Å². The fourth-order valence-electron chi connectivity index (χ4n) is 3.06. The first-order valence-electron chi connectivity index (χ1n) is 8.64. The summed E-state index contributed by atoms with van der Waals surface area (Å²) in [5, 5.41) is 2.93. The molecule has 0 saturated carbocycles. The van der Waals surface area contributed by atoms with Crippen LogP contribution in [0, 0.1) is 6.92 Å². The highest BCUT2D eigenvalue weighted by atomic mass is 16.5. The predicted octanol–water partition coefficient (Wildman–Crippen LogP) is 4.59. The van der Waals surface area contributed by atoms with Gasteiger partial charge in [0.2, 0.25) is 0 Å². The van der Waals surface area contributed by atoms with Gasteiger partial charge < -0.3 is 10.1 Å². The highest BCUT2D eigenvalue weighted by molar-refractivity contribution is 6.04. The first kappa shape index (κ1) is 16.8. The van der Waals surface area contributed by atoms with Gasteiger partial charge in [0.05, 0.1) is 18.1 Å². The molecule has 0 saturated heterocycles. The highest BCUT2D eigenvalue weighted by Gasteiger charge is 2.10. The number of rotatable bonds is 4. The van der Waals surface area contributed by atoms with E-state index in [1.165, 1.54) is 0 Å². The molecule has 1 N–H and O–H groups in total. The minimum atomic E-state index is -0.174. The van der Waals surface area contributed by atoms with E-state index in [9.17, 15) is 4.79 Å². The number of imidazole rings is 1. The lowest BCUT2D eigenvalue weighted by molar-refractivity contribution is 0.102. The molecule has 0 atom stereocenters. The third kappa shape index (κ3) is 3.27. The van der Waals surface area contributed by atoms with E-state index in [0.29, 0.717) is 11.3 Å². The molecule has 5 heteroatoms. The molecule has 27 heavy (non-hydrogen) atoms. The van der Waals surface area contributed by atoms with Crippen LogP contribution >= 0.6 is 0 Å². The smallest absolute Gasteiger partial charge is 0.255 e. The third-order valence-electron chi connectivity index (χ3n) is 4.51. The Morgan fingerprint density at radius 3 is 2.74 bits per heavy atom. The van der Waals surface area contributed by atoms with Gasteiger partial charge in [-0.2, -0.15) is 0 Å². The number of aryl methyl sites for hydroxylation is 1. The maximum Gasteiger partial charge on any atom is 0.255 e. The lowest BCUT2D eigenvalue weighted by Gasteiger charge is -2.10. The molecule has 4 rings (SSSR count). The summed E-state index contributed by atoms with van der Waals surface area (Å²) in [4.78, 5) is 17.1. The summed E-state index contributed by atoms with van der Waals surface area (Å²) < 4.78 is 7.29. The zero-order valence-electron chi connectivity index (χ0n) is 15.1. The molecule has 3 aromatic carbocycles. The van der Waals surface area contributed by atoms with Gasteiger partial charge in [-0.05, 0) is 48.9 Å². The van der Waals surface area contributed by atoms with Crippen LogP contribution in [0.1, 0.15) is 15.9 Å². The molecule has 1 aromatic heterocycles. The van der Waals surface area contributed by atoms with Crippen LogP contribution < -0.4 is 10.1 Å². The fraction of sp³-hybridized carbons (Fsp3) is 0.0909. The summed E-state index contributed by atoms with van der Waals surface area (Å²) in [6.45, 7) is 1.96. The minimum absolute atomic E-state index is 0.174. The van der Waals surface area contributed by atoms with E-state index in [0.717, 1.165) is 28.0 Å². The molecule has 1 heterocycles. The number of hydrogen-bond acceptors (Lipinski definition) is 3. The summed E-state index contributed by atoms with van der Waals surface area (Å²) in [6.07, 6.45) is 1.77. The number of anilines is 1. The molecule has 4 aromatic rings. The lowest BCUT2D eigenvalue weighted by Crippen LogP contribution is -2.12. The number of fused-ring (bicyclic) bond motifs is 1. The van der Waals surface area contributed by atoms with Gasteiger partial charge in [0.25, 0.3) is 5.91 Å². The van der Waals surface area contributed by atoms with E-state index in [4.69, 9.17) is 4.74 Å². The van der Waals surface area contributed by atoms with E-state index in [1.807, 2.05) is 72.2 Å². The minimum Gasteiger partial charge on any atom is -0.496 e. The van der Waals surface area contributed by atoms with Crippen molar-refractivity contribution in [1.82, 2.24) is 9.55 Å². The van der Waals surface area contributed by atoms with Crippen molar-refractivity contribution in [1.29, 1.82) is 0 Å². The number of benzene rings is 3. The molecule has 0 aliphatic rings. The van der Waals surface area contributed by atoms with Crippen LogP contribution in [0.15, 0.2) is 73.1 Å². The van der Waals surface area contributed by atoms with E-state index in [2.05, 4.69) is 10.3 Å². The third-order valence-corrected chi connectivity index (χ3v) is 4.51. The zero-order chi connectivity index (χ0) is 18.8. The second-order valence-corrected chi connectivity index (χ2v) is 6.29. The highest BCUT2D eigenvalue weighted by Crippen LogP contribution is 2.23. The van der Waals surface area contributed by atoms with Crippen molar-refractivity contribution in [2.24, 2.45) is 0 Å². The maximum atomic E-state index is 12.7. The van der Waals surface area contributed by atoms with Gasteiger partial charge in [-0.25, -0.2) is 4.98 Å². The Kier molecular flexibility index (Phi) is 4.34. The molecule has 0 radical (unpaired) electrons. The Labute approximate surface area is 157 Å². The van der Waals surface area contributed by atoms with Gasteiger partial charge >= 0.3 is 0 Å². The largest absolute Gasteiger partial charge is 0.496 e. The number of hydrogen-bond donors (Lipinski definition) is 1. The molecule has 0 aliphatic carbocycles. The van der Waals surface area contributed by atoms with Crippen molar-refractivity contribution in [3.8, 4) is 11.4 Å². The van der Waals surface area contributed by atoms with Crippen LogP contribution in [0.4, 0.5) is 5.69 Å². The Hall–Kier alpha value is -3.60. The first-order chi connectivity index (χ1) is 13.2. The van der Waals surface area contributed by atoms with Crippen molar-refractivity contribution in [3.05, 3.63) is 84.2 Å². The summed E-state index contributed by atoms with van der Waals surface area (Å²) in [5.41, 5.74) is 5.09. The van der Waals surface area contributed by atoms with Gasteiger partial charge in [-0.15, -0.1) is 0 Å². The van der Waals surface area contributed by atoms with Gasteiger partial charge in [0.15, 0.2) is 0 Å². The summed E-state index contributed by atoms with van der Waals surface area (Å²) >= 11 is 0. The number of nitrogens with zero attached hydrogens (tertiary/aromatic N) is 2. The molecular formula is C22H19N3O2. The second kappa shape index (κ2) is 6.96. The molecule has 1 amide bonds. The second-order valence-electron chi connectivity index (χ2n) is 6.29. The van der Waals surface area contributed by atoms with E-state index < -0.39 is 0 Å². The maximum absolute atomic E-state index is 12.7. The lowest BCUT2D eigenvalue weighted by atomic mass is 10.1. The van der Waals surface area contributed by atoms with Crippen molar-refractivity contribution in [2.75, 3.05) is 12.4 Å². The fourth-order valence-corrected chi connectivity index (χ4v) is 3.06. The Balaban J connectivity index is 1.63. The number of carbonyl (C=O) groups is 1. The number of para-hydroxylation sites is 2. The molecule has 0 spiro atoms. The summed E-state index contributed by atoms with van der Waals surface area (Å²) in [7, 11) is 1.62. The standard InChI is InChI=1S/C22H19N3O2/c1-15-10-11-17(13-21(15)27-2)24-22(26)16-6-5-7-18(12-16)25-14-23-19-8-3-4-9-20(19)25/h3-14H,1-2H3,(H,24,26). The van der Waals surface area contributed by atoms with Gasteiger partial charge in [0, 0.05) is 23.0 Å². The average molecular weight is 357 g/mol. The van der Waals surface area contributed by atoms with Crippen molar-refractivity contribution >= 4 is 22.6 Å². The van der Waals surface area contributed by atoms with Crippen molar-refractivity contribution in [2.45, 2.75) is 6.92 Å². The van der Waals surface area contributed by atoms with Crippen LogP contribution in [0.5, 0.6) is 5.75 Å². The number of methoxy groups -OCH3 is 1. The Bertz CT molecular complexity index is 1130. The number of aromatic nitrogens is 2. The normalized spacial score (nSPS) is 10.7. The molecule has 0 fully saturated rings. The number of ether oxygens (including phenoxy) is 1. The molecule has 134 valence electrons. The first-order valence-corrected chi connectivity index (χ1v) is 8.64. The molecule has 0 aliphatic heterocycles. The van der Waals surface area contributed by atoms with Gasteiger partial charge in [0.1, 0.15) is 12.1 Å². The average Bonchev–Trinajstić information content (AvgIpc) is 3.13. The van der Waals surface area contributed by atoms with Crippen molar-refractivity contribution < 1.29 is 9.53 Å². The van der Waals surface area contributed by atoms with Crippen LogP contribution in [0.2, 0.25) is 0 Å². The quantitative estimate of drug-likeness (QED) is 0.581. The van der Waals surface area contributed by atoms with E-state index in [1.54, 1.807) is 19.5 Å². The summed E-state index contributed by atoms with van der Waals surface area (Å²) in [6, 6.07) is 21.0. The van der Waals surface area contributed by atoms with Gasteiger partial charge in [-0.3, -0.25) is 9.36 Å². The van der Waals surface area contributed by atoms with Crippen LogP contribution in [-0.4, -0.2) is 22.6 Å². The Morgan fingerprint density at radius 2 is 1.89 bits per heavy atom. The number of nitrogens with one attached hydrogen (secondary N) is 1. The van der Waals surface area contributed by atoms with E-state index in [-0.39, 0.29) is 5.91 Å². The van der Waals surface area contributed by atoms with Crippen LogP contribution in [0.3, 0.4) is 0 Å². The topological polar surface area (TPSA) is 56.1 Å². The zero-order valence-corrected chi connectivity index (χ0v) is 15.1. The predicted molar refractivity (Wildman–Crippen MR) is 107 cm³/mol. The van der Waals surface area contributed by atoms with Crippen molar-refractivity contribution in [3.63, 3.8) is 0 Å². The molecular weight excluding hydrogens is 338 g/mol. The Morgan fingerprint density at radius 1 is 1.04 bits per heavy atom. The number of carbonyl (C=O) groups excluding carboxylic acids is 1. The SMILES string of the molecule is COc1cc(NC(=O)c2cccc(-n3cnc4ccccc43)c2)ccc1C. The summed E-state index contributed by atoms with van der Waals surface area (Å²) in [5.74, 6) is 0.568. The molecule has 0 bridgehead atoms. The van der Waals surface area contributed by atoms with E-state index >= 15 is 0 Å². The number of amides is 1.